The van der Waals surface area contributed by atoms with E-state index in [-0.39, 0.29) is 12.3 Å². The van der Waals surface area contributed by atoms with Crippen LogP contribution in [0.25, 0.3) is 0 Å². The van der Waals surface area contributed by atoms with Crippen LogP contribution in [-0.4, -0.2) is 29.9 Å². The summed E-state index contributed by atoms with van der Waals surface area (Å²) in [5.74, 6) is -0.855. The zero-order chi connectivity index (χ0) is 10.4. The van der Waals surface area contributed by atoms with Gasteiger partial charge in [-0.3, -0.25) is 9.59 Å². The van der Waals surface area contributed by atoms with Crippen molar-refractivity contribution in [1.82, 2.24) is 5.32 Å². The van der Waals surface area contributed by atoms with Gasteiger partial charge >= 0.3 is 5.97 Å². The third-order valence-corrected chi connectivity index (χ3v) is 2.51. The third-order valence-electron chi connectivity index (χ3n) is 1.60. The van der Waals surface area contributed by atoms with E-state index < -0.39 is 5.97 Å². The summed E-state index contributed by atoms with van der Waals surface area (Å²) in [6, 6.07) is 3.59. The second kappa shape index (κ2) is 5.51. The van der Waals surface area contributed by atoms with Crippen molar-refractivity contribution < 1.29 is 14.7 Å². The minimum absolute atomic E-state index is 0.0536. The number of rotatable bonds is 6. The van der Waals surface area contributed by atoms with Crippen LogP contribution in [0, 0.1) is 0 Å². The highest BCUT2D eigenvalue weighted by molar-refractivity contribution is 7.12. The molecule has 0 aliphatic carbocycles. The van der Waals surface area contributed by atoms with Gasteiger partial charge in [0.15, 0.2) is 5.78 Å². The number of hydrogen-bond donors (Lipinski definition) is 2. The molecule has 76 valence electrons. The number of ketones is 1. The maximum Gasteiger partial charge on any atom is 0.317 e. The number of hydrogen-bond acceptors (Lipinski definition) is 4. The fourth-order valence-corrected chi connectivity index (χ4v) is 1.65. The topological polar surface area (TPSA) is 66.4 Å². The smallest absolute Gasteiger partial charge is 0.317 e. The third kappa shape index (κ3) is 3.68. The number of aliphatic carboxylic acids is 1. The quantitative estimate of drug-likeness (QED) is 0.546. The van der Waals surface area contributed by atoms with Crippen molar-refractivity contribution in [1.29, 1.82) is 0 Å². The molecule has 0 aromatic carbocycles. The molecule has 0 aliphatic heterocycles. The number of Topliss-reactive ketones (excluding diaryl/α,β-unsaturated/α-hetero) is 1. The maximum absolute atomic E-state index is 11.4. The van der Waals surface area contributed by atoms with Crippen LogP contribution >= 0.6 is 11.3 Å². The molecule has 0 amide bonds. The molecule has 0 spiro atoms. The Bertz CT molecular complexity index is 308. The first-order chi connectivity index (χ1) is 6.70. The monoisotopic (exact) mass is 213 g/mol. The number of nitrogens with one attached hydrogen (secondary N) is 1. The Morgan fingerprint density at radius 1 is 1.50 bits per heavy atom. The number of thiophene rings is 1. The fourth-order valence-electron chi connectivity index (χ4n) is 0.958. The van der Waals surface area contributed by atoms with E-state index in [1.54, 1.807) is 6.07 Å². The molecular weight excluding hydrogens is 202 g/mol. The van der Waals surface area contributed by atoms with E-state index >= 15 is 0 Å². The van der Waals surface area contributed by atoms with Gasteiger partial charge in [-0.25, -0.2) is 0 Å². The molecule has 1 aromatic rings. The summed E-state index contributed by atoms with van der Waals surface area (Å²) in [4.78, 5) is 22.2. The fraction of sp³-hybridized carbons (Fsp3) is 0.333. The van der Waals surface area contributed by atoms with Gasteiger partial charge in [-0.15, -0.1) is 11.3 Å². The summed E-state index contributed by atoms with van der Waals surface area (Å²) in [6.07, 6.45) is 0.341. The van der Waals surface area contributed by atoms with Gasteiger partial charge in [0.05, 0.1) is 11.4 Å². The second-order valence-electron chi connectivity index (χ2n) is 2.72. The van der Waals surface area contributed by atoms with Gasteiger partial charge in [-0.05, 0) is 11.4 Å². The molecule has 0 saturated carbocycles. The molecule has 4 nitrogen and oxygen atoms in total. The van der Waals surface area contributed by atoms with Gasteiger partial charge in [0.25, 0.3) is 0 Å². The number of carboxylic acid groups (broad SMARTS) is 1. The predicted molar refractivity (Wildman–Crippen MR) is 53.8 cm³/mol. The SMILES string of the molecule is O=C(O)CNCCC(=O)c1cccs1. The zero-order valence-electron chi connectivity index (χ0n) is 7.53. The Balaban J connectivity index is 2.19. The zero-order valence-corrected chi connectivity index (χ0v) is 8.34. The molecule has 0 bridgehead atoms. The van der Waals surface area contributed by atoms with Crippen molar-refractivity contribution in [3.05, 3.63) is 22.4 Å². The first-order valence-electron chi connectivity index (χ1n) is 4.19. The molecule has 1 aromatic heterocycles. The summed E-state index contributed by atoms with van der Waals surface area (Å²) in [6.45, 7) is 0.306. The molecule has 1 rings (SSSR count). The van der Waals surface area contributed by atoms with Crippen molar-refractivity contribution in [2.75, 3.05) is 13.1 Å². The molecule has 0 saturated heterocycles. The van der Waals surface area contributed by atoms with Gasteiger partial charge in [0.1, 0.15) is 0 Å². The van der Waals surface area contributed by atoms with Crippen molar-refractivity contribution in [2.45, 2.75) is 6.42 Å². The van der Waals surface area contributed by atoms with Gasteiger partial charge in [0.2, 0.25) is 0 Å². The largest absolute Gasteiger partial charge is 0.480 e. The summed E-state index contributed by atoms with van der Waals surface area (Å²) in [5.41, 5.74) is 0. The minimum Gasteiger partial charge on any atom is -0.480 e. The van der Waals surface area contributed by atoms with Crippen LogP contribution in [0.3, 0.4) is 0 Å². The molecule has 5 heteroatoms. The Kier molecular flexibility index (Phi) is 4.28. The van der Waals surface area contributed by atoms with Crippen LogP contribution in [0.2, 0.25) is 0 Å². The van der Waals surface area contributed by atoms with Gasteiger partial charge < -0.3 is 10.4 Å². The van der Waals surface area contributed by atoms with E-state index in [4.69, 9.17) is 5.11 Å². The van der Waals surface area contributed by atoms with E-state index in [0.717, 1.165) is 4.88 Å². The Hall–Kier alpha value is -1.20. The maximum atomic E-state index is 11.4. The molecule has 0 aliphatic rings. The van der Waals surface area contributed by atoms with Crippen LogP contribution in [0.15, 0.2) is 17.5 Å². The van der Waals surface area contributed by atoms with Crippen LogP contribution < -0.4 is 5.32 Å². The lowest BCUT2D eigenvalue weighted by Crippen LogP contribution is -2.24. The Morgan fingerprint density at radius 2 is 2.29 bits per heavy atom. The van der Waals surface area contributed by atoms with Gasteiger partial charge in [0, 0.05) is 13.0 Å². The van der Waals surface area contributed by atoms with Crippen molar-refractivity contribution in [3.8, 4) is 0 Å². The molecule has 1 heterocycles. The second-order valence-corrected chi connectivity index (χ2v) is 3.67. The molecule has 2 N–H and O–H groups in total. The first kappa shape index (κ1) is 10.9. The number of carbonyl (C=O) groups is 2. The lowest BCUT2D eigenvalue weighted by atomic mass is 10.2. The Morgan fingerprint density at radius 3 is 2.86 bits per heavy atom. The standard InChI is InChI=1S/C9H11NO3S/c11-7(8-2-1-5-14-8)3-4-10-6-9(12)13/h1-2,5,10H,3-4,6H2,(H,12,13). The molecule has 0 radical (unpaired) electrons. The minimum atomic E-state index is -0.909. The van der Waals surface area contributed by atoms with E-state index in [9.17, 15) is 9.59 Å². The average molecular weight is 213 g/mol. The molecule has 0 unspecified atom stereocenters. The molecular formula is C9H11NO3S. The van der Waals surface area contributed by atoms with Crippen LogP contribution in [-0.2, 0) is 4.79 Å². The van der Waals surface area contributed by atoms with Crippen LogP contribution in [0.4, 0.5) is 0 Å². The summed E-state index contributed by atoms with van der Waals surface area (Å²) in [7, 11) is 0. The van der Waals surface area contributed by atoms with Gasteiger partial charge in [-0.2, -0.15) is 0 Å². The van der Waals surface area contributed by atoms with E-state index in [2.05, 4.69) is 5.32 Å². The van der Waals surface area contributed by atoms with Crippen molar-refractivity contribution in [2.24, 2.45) is 0 Å². The lowest BCUT2D eigenvalue weighted by Gasteiger charge is -1.99. The average Bonchev–Trinajstić information content (AvgIpc) is 2.64. The summed E-state index contributed by atoms with van der Waals surface area (Å²) < 4.78 is 0. The normalized spacial score (nSPS) is 10.0. The van der Waals surface area contributed by atoms with E-state index in [1.165, 1.54) is 11.3 Å². The predicted octanol–water partition coefficient (Wildman–Crippen LogP) is 0.995. The highest BCUT2D eigenvalue weighted by atomic mass is 32.1. The lowest BCUT2D eigenvalue weighted by molar-refractivity contribution is -0.135. The highest BCUT2D eigenvalue weighted by Crippen LogP contribution is 2.10. The Labute approximate surface area is 85.6 Å². The van der Waals surface area contributed by atoms with Crippen LogP contribution in [0.1, 0.15) is 16.1 Å². The molecule has 14 heavy (non-hydrogen) atoms. The molecule has 0 fully saturated rings. The van der Waals surface area contributed by atoms with Crippen molar-refractivity contribution >= 4 is 23.1 Å². The van der Waals surface area contributed by atoms with Crippen LogP contribution in [0.5, 0.6) is 0 Å². The number of carbonyl (C=O) groups excluding carboxylic acids is 1. The van der Waals surface area contributed by atoms with Crippen molar-refractivity contribution in [3.63, 3.8) is 0 Å². The number of carboxylic acids is 1. The molecule has 0 atom stereocenters. The first-order valence-corrected chi connectivity index (χ1v) is 5.07. The van der Waals surface area contributed by atoms with E-state index in [1.807, 2.05) is 11.4 Å². The summed E-state index contributed by atoms with van der Waals surface area (Å²) in [5, 5.41) is 12.8. The summed E-state index contributed by atoms with van der Waals surface area (Å²) >= 11 is 1.40. The highest BCUT2D eigenvalue weighted by Gasteiger charge is 2.05. The van der Waals surface area contributed by atoms with Gasteiger partial charge in [-0.1, -0.05) is 6.07 Å². The van der Waals surface area contributed by atoms with E-state index in [0.29, 0.717) is 13.0 Å².